The van der Waals surface area contributed by atoms with E-state index in [9.17, 15) is 30.0 Å². The fourth-order valence-corrected chi connectivity index (χ4v) is 3.61. The van der Waals surface area contributed by atoms with Gasteiger partial charge in [-0.05, 0) is 24.3 Å². The third-order valence-corrected chi connectivity index (χ3v) is 5.43. The minimum Gasteiger partial charge on any atom is -0.848 e. The number of benzene rings is 2. The Hall–Kier alpha value is -4.38. The van der Waals surface area contributed by atoms with E-state index in [1.54, 1.807) is 24.8 Å². The standard InChI is InChI=1S/2C12H8N2.C4H4O6.2Cu.9H2O/c2*1-3-9-5-6-10-4-2-8-14-12(10)11(9)13-7-1;5-1(3(7)8)2(6)4(9)10;;;;;;;;;;;/h2*1-8H;1-2H,(H,7,8)(H,9,10);;;9*1H2/q;;-2;2*+2;;;;;;;;;/p-1/t;;1-,2-;;;;;;;;;;;/m..1.........../s1. The second kappa shape index (κ2) is 29.7. The van der Waals surface area contributed by atoms with E-state index >= 15 is 0 Å². The predicted molar refractivity (Wildman–Crippen MR) is 165 cm³/mol. The van der Waals surface area contributed by atoms with Gasteiger partial charge in [0.15, 0.2) is 0 Å². The maximum absolute atomic E-state index is 9.97. The minimum absolute atomic E-state index is 0. The first-order chi connectivity index (χ1) is 18.4. The number of carbonyl (C=O) groups excluding carboxylic acids is 2. The first-order valence-electron chi connectivity index (χ1n) is 11.3. The van der Waals surface area contributed by atoms with Crippen LogP contribution in [0.4, 0.5) is 0 Å². The molecule has 0 aliphatic heterocycles. The molecule has 0 bridgehead atoms. The van der Waals surface area contributed by atoms with Crippen LogP contribution < -0.4 is 20.4 Å². The topological polar surface area (TPSA) is 463 Å². The Morgan fingerprint density at radius 1 is 0.429 bits per heavy atom. The zero-order valence-corrected chi connectivity index (χ0v) is 26.7. The van der Waals surface area contributed by atoms with Gasteiger partial charge in [-0.1, -0.05) is 60.7 Å². The summed E-state index contributed by atoms with van der Waals surface area (Å²) in [5.74, 6) is -4.46. The number of pyridine rings is 4. The molecule has 0 aliphatic carbocycles. The zero-order chi connectivity index (χ0) is 27.1. The second-order valence-electron chi connectivity index (χ2n) is 7.91. The van der Waals surface area contributed by atoms with E-state index in [2.05, 4.69) is 68.5 Å². The fraction of sp³-hybridized carbons (Fsp3) is 0.0714. The Bertz CT molecular complexity index is 1540. The van der Waals surface area contributed by atoms with Gasteiger partial charge >= 0.3 is 34.1 Å². The number of nitrogens with zero attached hydrogens (tertiary/aromatic N) is 4. The molecule has 19 nitrogen and oxygen atoms in total. The molecule has 2 aromatic carbocycles. The fourth-order valence-electron chi connectivity index (χ4n) is 3.61. The van der Waals surface area contributed by atoms with Crippen molar-refractivity contribution < 1.29 is 113 Å². The van der Waals surface area contributed by atoms with Crippen LogP contribution in [0.1, 0.15) is 0 Å². The van der Waals surface area contributed by atoms with E-state index in [1.807, 2.05) is 24.3 Å². The third kappa shape index (κ3) is 15.6. The summed E-state index contributed by atoms with van der Waals surface area (Å²) in [5.41, 5.74) is 3.91. The smallest absolute Gasteiger partial charge is 0.848 e. The van der Waals surface area contributed by atoms with Crippen LogP contribution >= 0.6 is 0 Å². The van der Waals surface area contributed by atoms with E-state index in [0.29, 0.717) is 0 Å². The molecule has 0 unspecified atom stereocenters. The Kier molecular flexibility index (Phi) is 38.4. The summed E-state index contributed by atoms with van der Waals surface area (Å²) in [6.45, 7) is 0. The molecule has 4 aromatic heterocycles. The summed E-state index contributed by atoms with van der Waals surface area (Å²) < 4.78 is 0. The number of aromatic nitrogens is 4. The molecule has 280 valence electrons. The molecule has 21 heteroatoms. The molecule has 0 saturated heterocycles. The molecule has 0 aliphatic rings. The number of hydrogen-bond donors (Lipinski definition) is 0. The van der Waals surface area contributed by atoms with E-state index < -0.39 is 24.1 Å². The third-order valence-electron chi connectivity index (χ3n) is 5.43. The quantitative estimate of drug-likeness (QED) is 0.0924. The van der Waals surface area contributed by atoms with Crippen molar-refractivity contribution in [3.63, 3.8) is 0 Å². The van der Waals surface area contributed by atoms with Crippen molar-refractivity contribution in [3.8, 4) is 0 Å². The zero-order valence-electron chi connectivity index (χ0n) is 24.8. The van der Waals surface area contributed by atoms with Gasteiger partial charge < -0.3 is 79.3 Å². The van der Waals surface area contributed by atoms with E-state index in [0.717, 1.165) is 43.6 Å². The average molecular weight is 797 g/mol. The van der Waals surface area contributed by atoms with Crippen molar-refractivity contribution in [1.29, 1.82) is 0 Å². The molecule has 4 heterocycles. The number of rotatable bonds is 3. The molecule has 0 saturated carbocycles. The number of carboxylic acid groups (broad SMARTS) is 2. The van der Waals surface area contributed by atoms with Gasteiger partial charge in [-0.25, -0.2) is 0 Å². The molecular formula is C28H37Cu2N4O15+. The van der Waals surface area contributed by atoms with Crippen molar-refractivity contribution in [2.75, 3.05) is 0 Å². The summed E-state index contributed by atoms with van der Waals surface area (Å²) in [5, 5.41) is 43.6. The monoisotopic (exact) mass is 795 g/mol. The first-order valence-corrected chi connectivity index (χ1v) is 11.3. The van der Waals surface area contributed by atoms with Gasteiger partial charge in [-0.3, -0.25) is 19.9 Å². The number of carbonyl (C=O) groups is 2. The molecule has 6 rings (SSSR count). The number of aliphatic carboxylic acids is 2. The van der Waals surface area contributed by atoms with Gasteiger partial charge in [0.25, 0.3) is 0 Å². The maximum Gasteiger partial charge on any atom is 2.00 e. The normalized spacial score (nSPS) is 9.43. The molecule has 2 atom stereocenters. The van der Waals surface area contributed by atoms with Crippen LogP contribution in [-0.4, -0.2) is 87.9 Å². The summed E-state index contributed by atoms with van der Waals surface area (Å²) >= 11 is 0. The van der Waals surface area contributed by atoms with Crippen LogP contribution in [0.3, 0.4) is 0 Å². The van der Waals surface area contributed by atoms with Gasteiger partial charge in [-0.15, -0.1) is 0 Å². The first kappa shape index (κ1) is 63.3. The Morgan fingerprint density at radius 2 is 0.612 bits per heavy atom. The molecule has 49 heavy (non-hydrogen) atoms. The summed E-state index contributed by atoms with van der Waals surface area (Å²) in [6.07, 6.45) is 1.61. The molecule has 19 N–H and O–H groups in total. The Balaban J connectivity index is -0.0000000782. The van der Waals surface area contributed by atoms with Crippen LogP contribution in [0.15, 0.2) is 97.6 Å². The van der Waals surface area contributed by atoms with Crippen LogP contribution in [0.5, 0.6) is 0 Å². The van der Waals surface area contributed by atoms with Gasteiger partial charge in [0.05, 0.1) is 22.1 Å². The maximum atomic E-state index is 9.97. The largest absolute Gasteiger partial charge is 2.00 e. The molecule has 2 radical (unpaired) electrons. The summed E-state index contributed by atoms with van der Waals surface area (Å²) in [6, 6.07) is 24.3. The van der Waals surface area contributed by atoms with Crippen LogP contribution in [0.2, 0.25) is 0 Å². The van der Waals surface area contributed by atoms with Crippen molar-refractivity contribution in [2.24, 2.45) is 0 Å². The van der Waals surface area contributed by atoms with Gasteiger partial charge in [0.2, 0.25) is 0 Å². The average Bonchev–Trinajstić information content (AvgIpc) is 2.97. The predicted octanol–water partition coefficient (Wildman–Crippen LogP) is -8.01. The van der Waals surface area contributed by atoms with Gasteiger partial charge in [0, 0.05) is 58.3 Å². The van der Waals surface area contributed by atoms with Crippen molar-refractivity contribution in [2.45, 2.75) is 12.2 Å². The summed E-state index contributed by atoms with van der Waals surface area (Å²) in [7, 11) is 0. The van der Waals surface area contributed by atoms with Gasteiger partial charge in [0.1, 0.15) is 0 Å². The van der Waals surface area contributed by atoms with E-state index in [4.69, 9.17) is 0 Å². The van der Waals surface area contributed by atoms with E-state index in [1.165, 1.54) is 0 Å². The minimum atomic E-state index is -2.80. The van der Waals surface area contributed by atoms with Crippen LogP contribution in [0, 0.1) is 0 Å². The van der Waals surface area contributed by atoms with Crippen molar-refractivity contribution in [1.82, 2.24) is 19.9 Å². The molecule has 0 spiro atoms. The Morgan fingerprint density at radius 3 is 0.776 bits per heavy atom. The second-order valence-corrected chi connectivity index (χ2v) is 7.91. The van der Waals surface area contributed by atoms with Crippen LogP contribution in [-0.2, 0) is 49.2 Å². The Labute approximate surface area is 298 Å². The number of hydrogen-bond acceptors (Lipinski definition) is 10. The van der Waals surface area contributed by atoms with E-state index in [-0.39, 0.29) is 83.4 Å². The van der Waals surface area contributed by atoms with Gasteiger partial charge in [-0.2, -0.15) is 0 Å². The number of carboxylic acids is 2. The van der Waals surface area contributed by atoms with Crippen molar-refractivity contribution >= 4 is 55.6 Å². The molecule has 6 aromatic rings. The molecule has 0 amide bonds. The van der Waals surface area contributed by atoms with Crippen LogP contribution in [0.25, 0.3) is 43.6 Å². The SMILES string of the molecule is O.O.O.O.O.O.O.O.O=C([O-])[C@H]([O-])[C@@H]([O-])C(=O)[O-].[Cu+2].[Cu+2].[OH3+].c1cnc2c(c1)ccc1cccnc12.c1cnc2c(c1)ccc1cccnc12. The summed E-state index contributed by atoms with van der Waals surface area (Å²) in [4.78, 5) is 36.4. The molecular weight excluding hydrogens is 759 g/mol. The molecule has 0 fully saturated rings. The number of fused-ring (bicyclic) bond motifs is 6. The van der Waals surface area contributed by atoms with Crippen molar-refractivity contribution in [3.05, 3.63) is 97.6 Å².